The second kappa shape index (κ2) is 8.02. The Balaban J connectivity index is 2.63. The molecule has 0 spiro atoms. The van der Waals surface area contributed by atoms with Crippen molar-refractivity contribution >= 4 is 26.7 Å². The summed E-state index contributed by atoms with van der Waals surface area (Å²) < 4.78 is 12.3. The minimum absolute atomic E-state index is 0.120. The monoisotopic (exact) mass is 347 g/mol. The average Bonchev–Trinajstić information content (AvgIpc) is 2.37. The number of hydrogen-bond donors (Lipinski definition) is 2. The molecule has 0 aromatic heterocycles. The fraction of sp³-hybridized carbons (Fsp3) is 0.571. The Labute approximate surface area is 126 Å². The van der Waals surface area contributed by atoms with Crippen LogP contribution >= 0.6 is 15.9 Å². The second-order valence-corrected chi connectivity index (χ2v) is 7.43. The first-order valence-corrected chi connectivity index (χ1v) is 8.91. The molecule has 0 saturated carbocycles. The molecule has 1 rings (SSSR count). The minimum Gasteiger partial charge on any atom is -0.508 e. The van der Waals surface area contributed by atoms with Crippen molar-refractivity contribution in [2.45, 2.75) is 38.0 Å². The van der Waals surface area contributed by atoms with Gasteiger partial charge in [0.15, 0.2) is 0 Å². The van der Waals surface area contributed by atoms with Crippen LogP contribution in [0.3, 0.4) is 0 Å². The highest BCUT2D eigenvalue weighted by molar-refractivity contribution is 9.10. The molecule has 0 radical (unpaired) electrons. The van der Waals surface area contributed by atoms with Crippen molar-refractivity contribution in [1.82, 2.24) is 5.32 Å². The molecule has 0 saturated heterocycles. The minimum atomic E-state index is -0.776. The van der Waals surface area contributed by atoms with Crippen LogP contribution < -0.4 is 5.32 Å². The molecule has 0 bridgehead atoms. The molecule has 0 fully saturated rings. The maximum atomic E-state index is 11.3. The van der Waals surface area contributed by atoms with E-state index in [2.05, 4.69) is 28.2 Å². The summed E-state index contributed by atoms with van der Waals surface area (Å²) in [7, 11) is -0.776. The van der Waals surface area contributed by atoms with Crippen molar-refractivity contribution < 1.29 is 9.32 Å². The molecule has 3 atom stereocenters. The van der Waals surface area contributed by atoms with E-state index >= 15 is 0 Å². The van der Waals surface area contributed by atoms with Crippen molar-refractivity contribution in [3.63, 3.8) is 0 Å². The van der Waals surface area contributed by atoms with Gasteiger partial charge in [0.05, 0.1) is 0 Å². The van der Waals surface area contributed by atoms with Crippen molar-refractivity contribution in [3.05, 3.63) is 28.2 Å². The van der Waals surface area contributed by atoms with Gasteiger partial charge < -0.3 is 10.4 Å². The van der Waals surface area contributed by atoms with Crippen molar-refractivity contribution in [3.8, 4) is 5.75 Å². The number of nitrogens with one attached hydrogen (secondary N) is 1. The average molecular weight is 348 g/mol. The fourth-order valence-electron chi connectivity index (χ4n) is 1.91. The first-order valence-electron chi connectivity index (χ1n) is 6.49. The molecule has 3 nitrogen and oxygen atoms in total. The number of rotatable bonds is 7. The summed E-state index contributed by atoms with van der Waals surface area (Å²) in [4.78, 5) is 0. The zero-order valence-electron chi connectivity index (χ0n) is 11.6. The van der Waals surface area contributed by atoms with E-state index in [1.54, 1.807) is 12.3 Å². The number of benzene rings is 1. The third kappa shape index (κ3) is 5.24. The molecule has 19 heavy (non-hydrogen) atoms. The van der Waals surface area contributed by atoms with E-state index in [0.29, 0.717) is 5.75 Å². The third-order valence-electron chi connectivity index (χ3n) is 3.28. The predicted molar refractivity (Wildman–Crippen MR) is 85.0 cm³/mol. The zero-order valence-corrected chi connectivity index (χ0v) is 14.1. The predicted octanol–water partition coefficient (Wildman–Crippen LogP) is 3.35. The second-order valence-electron chi connectivity index (χ2n) is 4.72. The quantitative estimate of drug-likeness (QED) is 0.795. The lowest BCUT2D eigenvalue weighted by molar-refractivity contribution is 0.439. The lowest BCUT2D eigenvalue weighted by Crippen LogP contribution is -2.25. The Bertz CT molecular complexity index is 439. The topological polar surface area (TPSA) is 49.3 Å². The van der Waals surface area contributed by atoms with Crippen LogP contribution in [0.15, 0.2) is 22.7 Å². The van der Waals surface area contributed by atoms with E-state index in [-0.39, 0.29) is 11.3 Å². The van der Waals surface area contributed by atoms with Gasteiger partial charge in [-0.3, -0.25) is 4.21 Å². The number of aromatic hydroxyl groups is 1. The normalized spacial score (nSPS) is 16.0. The van der Waals surface area contributed by atoms with Crippen LogP contribution in [0.4, 0.5) is 0 Å². The maximum absolute atomic E-state index is 11.3. The first-order chi connectivity index (χ1) is 8.95. The van der Waals surface area contributed by atoms with E-state index in [9.17, 15) is 9.32 Å². The van der Waals surface area contributed by atoms with E-state index in [0.717, 1.165) is 29.4 Å². The molecule has 108 valence electrons. The fourth-order valence-corrected chi connectivity index (χ4v) is 2.73. The molecule has 3 unspecified atom stereocenters. The van der Waals surface area contributed by atoms with Gasteiger partial charge in [-0.25, -0.2) is 0 Å². The summed E-state index contributed by atoms with van der Waals surface area (Å²) in [5.41, 5.74) is 0.905. The Morgan fingerprint density at radius 3 is 2.74 bits per heavy atom. The number of hydrogen-bond acceptors (Lipinski definition) is 3. The van der Waals surface area contributed by atoms with Gasteiger partial charge in [-0.2, -0.15) is 0 Å². The molecule has 0 heterocycles. The summed E-state index contributed by atoms with van der Waals surface area (Å²) in [6.45, 7) is 4.87. The molecule has 1 aromatic rings. The number of halogens is 1. The summed E-state index contributed by atoms with van der Waals surface area (Å²) in [5, 5.41) is 13.5. The standard InChI is InChI=1S/C14H22BrNO2S/c1-4-13(16-8-7-10(2)19(3)18)12-9-11(15)5-6-14(12)17/h5-6,9-10,13,16-17H,4,7-8H2,1-3H3. The van der Waals surface area contributed by atoms with Crippen LogP contribution in [0.5, 0.6) is 5.75 Å². The third-order valence-corrected chi connectivity index (χ3v) is 5.14. The van der Waals surface area contributed by atoms with Crippen LogP contribution in [-0.4, -0.2) is 27.4 Å². The van der Waals surface area contributed by atoms with Gasteiger partial charge in [0.2, 0.25) is 0 Å². The highest BCUT2D eigenvalue weighted by Crippen LogP contribution is 2.29. The summed E-state index contributed by atoms with van der Waals surface area (Å²) in [6.07, 6.45) is 3.50. The van der Waals surface area contributed by atoms with E-state index in [4.69, 9.17) is 0 Å². The Hall–Kier alpha value is -0.390. The first kappa shape index (κ1) is 16.7. The molecule has 0 aliphatic carbocycles. The summed E-state index contributed by atoms with van der Waals surface area (Å²) >= 11 is 3.43. The Kier molecular flexibility index (Phi) is 7.04. The van der Waals surface area contributed by atoms with Gasteiger partial charge >= 0.3 is 0 Å². The Morgan fingerprint density at radius 1 is 1.47 bits per heavy atom. The van der Waals surface area contributed by atoms with E-state index in [1.807, 2.05) is 19.1 Å². The van der Waals surface area contributed by atoms with E-state index in [1.165, 1.54) is 0 Å². The summed E-state index contributed by atoms with van der Waals surface area (Å²) in [5.74, 6) is 0.315. The number of phenols is 1. The van der Waals surface area contributed by atoms with Crippen molar-refractivity contribution in [2.24, 2.45) is 0 Å². The molecule has 5 heteroatoms. The van der Waals surface area contributed by atoms with Gasteiger partial charge in [0, 0.05) is 38.4 Å². The van der Waals surface area contributed by atoms with Crippen LogP contribution in [0.1, 0.15) is 38.3 Å². The summed E-state index contributed by atoms with van der Waals surface area (Å²) in [6, 6.07) is 5.59. The lowest BCUT2D eigenvalue weighted by atomic mass is 10.0. The van der Waals surface area contributed by atoms with Gasteiger partial charge in [0.1, 0.15) is 5.75 Å². The van der Waals surface area contributed by atoms with Crippen LogP contribution in [-0.2, 0) is 10.8 Å². The van der Waals surface area contributed by atoms with E-state index < -0.39 is 10.8 Å². The molecule has 0 aliphatic rings. The van der Waals surface area contributed by atoms with Gasteiger partial charge in [0.25, 0.3) is 0 Å². The zero-order chi connectivity index (χ0) is 14.4. The Morgan fingerprint density at radius 2 is 2.16 bits per heavy atom. The van der Waals surface area contributed by atoms with Crippen molar-refractivity contribution in [2.75, 3.05) is 12.8 Å². The molecule has 0 amide bonds. The SMILES string of the molecule is CCC(NCCC(C)S(C)=O)c1cc(Br)ccc1O. The molecular formula is C14H22BrNO2S. The highest BCUT2D eigenvalue weighted by atomic mass is 79.9. The van der Waals surface area contributed by atoms with Crippen molar-refractivity contribution in [1.29, 1.82) is 0 Å². The number of phenolic OH excluding ortho intramolecular Hbond substituents is 1. The molecular weight excluding hydrogens is 326 g/mol. The highest BCUT2D eigenvalue weighted by Gasteiger charge is 2.14. The maximum Gasteiger partial charge on any atom is 0.120 e. The van der Waals surface area contributed by atoms with Crippen LogP contribution in [0.2, 0.25) is 0 Å². The molecule has 2 N–H and O–H groups in total. The van der Waals surface area contributed by atoms with Gasteiger partial charge in [-0.15, -0.1) is 0 Å². The lowest BCUT2D eigenvalue weighted by Gasteiger charge is -2.20. The van der Waals surface area contributed by atoms with Gasteiger partial charge in [-0.05, 0) is 37.6 Å². The van der Waals surface area contributed by atoms with Crippen LogP contribution in [0, 0.1) is 0 Å². The molecule has 0 aliphatic heterocycles. The molecule has 1 aromatic carbocycles. The smallest absolute Gasteiger partial charge is 0.120 e. The van der Waals surface area contributed by atoms with Gasteiger partial charge in [-0.1, -0.05) is 29.8 Å². The largest absolute Gasteiger partial charge is 0.508 e. The van der Waals surface area contributed by atoms with Crippen LogP contribution in [0.25, 0.3) is 0 Å².